The number of hydrogen-bond donors (Lipinski definition) is 0. The average Bonchev–Trinajstić information content (AvgIpc) is 2.59. The number of ether oxygens (including phenoxy) is 1. The van der Waals surface area contributed by atoms with Gasteiger partial charge in [-0.25, -0.2) is 0 Å². The fourth-order valence-electron chi connectivity index (χ4n) is 3.18. The zero-order chi connectivity index (χ0) is 16.8. The van der Waals surface area contributed by atoms with Crippen molar-refractivity contribution in [3.63, 3.8) is 0 Å². The molecule has 0 aliphatic carbocycles. The van der Waals surface area contributed by atoms with Crippen molar-refractivity contribution in [2.45, 2.75) is 26.9 Å². The molecule has 1 aliphatic rings. The summed E-state index contributed by atoms with van der Waals surface area (Å²) in [6.07, 6.45) is 3.90. The van der Waals surface area contributed by atoms with E-state index < -0.39 is 0 Å². The van der Waals surface area contributed by atoms with E-state index in [-0.39, 0.29) is 0 Å². The summed E-state index contributed by atoms with van der Waals surface area (Å²) in [5, 5.41) is 0. The normalized spacial score (nSPS) is 16.2. The quantitative estimate of drug-likeness (QED) is 0.816. The molecule has 0 radical (unpaired) electrons. The fourth-order valence-corrected chi connectivity index (χ4v) is 3.18. The van der Waals surface area contributed by atoms with Gasteiger partial charge >= 0.3 is 0 Å². The van der Waals surface area contributed by atoms with Gasteiger partial charge in [-0.1, -0.05) is 18.2 Å². The summed E-state index contributed by atoms with van der Waals surface area (Å²) in [5.41, 5.74) is 3.91. The summed E-state index contributed by atoms with van der Waals surface area (Å²) in [5.74, 6) is 0.956. The number of aryl methyl sites for hydroxylation is 1. The van der Waals surface area contributed by atoms with E-state index >= 15 is 0 Å². The molecule has 24 heavy (non-hydrogen) atoms. The Morgan fingerprint density at radius 1 is 0.917 bits per heavy atom. The first-order valence-electron chi connectivity index (χ1n) is 8.80. The minimum atomic E-state index is 0.720. The third-order valence-corrected chi connectivity index (χ3v) is 4.44. The van der Waals surface area contributed by atoms with Crippen molar-refractivity contribution in [3.8, 4) is 5.75 Å². The smallest absolute Gasteiger partial charge is 0.119 e. The van der Waals surface area contributed by atoms with Gasteiger partial charge in [0.2, 0.25) is 0 Å². The van der Waals surface area contributed by atoms with Crippen LogP contribution in [-0.4, -0.2) is 47.6 Å². The van der Waals surface area contributed by atoms with Crippen molar-refractivity contribution in [2.24, 2.45) is 0 Å². The van der Waals surface area contributed by atoms with Crippen LogP contribution in [0, 0.1) is 6.92 Å². The van der Waals surface area contributed by atoms with Crippen molar-refractivity contribution < 1.29 is 4.74 Å². The predicted molar refractivity (Wildman–Crippen MR) is 97.1 cm³/mol. The zero-order valence-electron chi connectivity index (χ0n) is 14.7. The molecule has 0 saturated carbocycles. The molecule has 128 valence electrons. The first-order chi connectivity index (χ1) is 11.7. The first kappa shape index (κ1) is 16.9. The number of piperazine rings is 1. The largest absolute Gasteiger partial charge is 0.494 e. The van der Waals surface area contributed by atoms with Gasteiger partial charge in [-0.2, -0.15) is 0 Å². The maximum atomic E-state index is 5.50. The van der Waals surface area contributed by atoms with E-state index in [0.29, 0.717) is 0 Å². The number of pyridine rings is 1. The van der Waals surface area contributed by atoms with Gasteiger partial charge in [-0.05, 0) is 42.7 Å². The summed E-state index contributed by atoms with van der Waals surface area (Å²) in [4.78, 5) is 9.34. The molecule has 0 bridgehead atoms. The van der Waals surface area contributed by atoms with Crippen LogP contribution in [0.1, 0.15) is 23.6 Å². The highest BCUT2D eigenvalue weighted by molar-refractivity contribution is 5.27. The van der Waals surface area contributed by atoms with Gasteiger partial charge in [0.15, 0.2) is 0 Å². The summed E-state index contributed by atoms with van der Waals surface area (Å²) in [6, 6.07) is 10.7. The lowest BCUT2D eigenvalue weighted by Gasteiger charge is -2.34. The maximum absolute atomic E-state index is 5.50. The number of hydrogen-bond acceptors (Lipinski definition) is 4. The fraction of sp³-hybridized carbons (Fsp3) is 0.450. The molecule has 1 fully saturated rings. The molecular weight excluding hydrogens is 298 g/mol. The summed E-state index contributed by atoms with van der Waals surface area (Å²) in [6.45, 7) is 11.3. The van der Waals surface area contributed by atoms with Crippen LogP contribution in [0.5, 0.6) is 5.75 Å². The molecule has 0 unspecified atom stereocenters. The average molecular weight is 325 g/mol. The van der Waals surface area contributed by atoms with Crippen LogP contribution in [-0.2, 0) is 13.1 Å². The van der Waals surface area contributed by atoms with Crippen LogP contribution in [0.15, 0.2) is 42.7 Å². The highest BCUT2D eigenvalue weighted by Crippen LogP contribution is 2.15. The molecule has 0 spiro atoms. The lowest BCUT2D eigenvalue weighted by molar-refractivity contribution is 0.122. The van der Waals surface area contributed by atoms with Gasteiger partial charge in [0, 0.05) is 51.7 Å². The number of aromatic nitrogens is 1. The van der Waals surface area contributed by atoms with E-state index in [1.54, 1.807) is 0 Å². The second kappa shape index (κ2) is 8.27. The SMILES string of the molecule is CCOc1ccc(CN2CCN(Cc3cncc(C)c3)CC2)cc1. The van der Waals surface area contributed by atoms with Gasteiger partial charge in [-0.15, -0.1) is 0 Å². The lowest BCUT2D eigenvalue weighted by atomic mass is 10.1. The zero-order valence-corrected chi connectivity index (χ0v) is 14.7. The lowest BCUT2D eigenvalue weighted by Crippen LogP contribution is -2.45. The van der Waals surface area contributed by atoms with E-state index in [1.165, 1.54) is 16.7 Å². The van der Waals surface area contributed by atoms with Crippen LogP contribution in [0.2, 0.25) is 0 Å². The Bertz CT molecular complexity index is 634. The number of benzene rings is 1. The van der Waals surface area contributed by atoms with Gasteiger partial charge < -0.3 is 4.74 Å². The molecule has 4 nitrogen and oxygen atoms in total. The molecule has 3 rings (SSSR count). The summed E-state index contributed by atoms with van der Waals surface area (Å²) < 4.78 is 5.50. The van der Waals surface area contributed by atoms with Crippen LogP contribution in [0.25, 0.3) is 0 Å². The molecule has 1 aromatic carbocycles. The topological polar surface area (TPSA) is 28.6 Å². The predicted octanol–water partition coefficient (Wildman–Crippen LogP) is 3.11. The monoisotopic (exact) mass is 325 g/mol. The molecule has 1 aromatic heterocycles. The van der Waals surface area contributed by atoms with Crippen molar-refractivity contribution in [3.05, 3.63) is 59.4 Å². The van der Waals surface area contributed by atoms with Crippen molar-refractivity contribution in [1.29, 1.82) is 0 Å². The third kappa shape index (κ3) is 4.79. The van der Waals surface area contributed by atoms with Crippen molar-refractivity contribution in [2.75, 3.05) is 32.8 Å². The Labute approximate surface area is 145 Å². The molecule has 1 aliphatic heterocycles. The minimum Gasteiger partial charge on any atom is -0.494 e. The molecule has 0 N–H and O–H groups in total. The summed E-state index contributed by atoms with van der Waals surface area (Å²) in [7, 11) is 0. The Hall–Kier alpha value is -1.91. The Morgan fingerprint density at radius 2 is 1.54 bits per heavy atom. The van der Waals surface area contributed by atoms with Gasteiger partial charge in [-0.3, -0.25) is 14.8 Å². The highest BCUT2D eigenvalue weighted by atomic mass is 16.5. The van der Waals surface area contributed by atoms with E-state index in [4.69, 9.17) is 4.74 Å². The number of nitrogens with zero attached hydrogens (tertiary/aromatic N) is 3. The van der Waals surface area contributed by atoms with E-state index in [2.05, 4.69) is 52.0 Å². The van der Waals surface area contributed by atoms with E-state index in [1.807, 2.05) is 19.3 Å². The molecule has 0 amide bonds. The second-order valence-electron chi connectivity index (χ2n) is 6.50. The van der Waals surface area contributed by atoms with Gasteiger partial charge in [0.25, 0.3) is 0 Å². The van der Waals surface area contributed by atoms with Crippen LogP contribution >= 0.6 is 0 Å². The molecular formula is C20H27N3O. The van der Waals surface area contributed by atoms with E-state index in [0.717, 1.165) is 51.6 Å². The molecule has 4 heteroatoms. The first-order valence-corrected chi connectivity index (χ1v) is 8.80. The standard InChI is InChI=1S/C20H27N3O/c1-3-24-20-6-4-18(5-7-20)15-22-8-10-23(11-9-22)16-19-12-17(2)13-21-14-19/h4-7,12-14H,3,8-11,15-16H2,1-2H3. The van der Waals surface area contributed by atoms with Crippen LogP contribution in [0.4, 0.5) is 0 Å². The minimum absolute atomic E-state index is 0.720. The molecule has 2 heterocycles. The van der Waals surface area contributed by atoms with Crippen LogP contribution < -0.4 is 4.74 Å². The molecule has 2 aromatic rings. The number of rotatable bonds is 6. The van der Waals surface area contributed by atoms with Gasteiger partial charge in [0.05, 0.1) is 6.61 Å². The highest BCUT2D eigenvalue weighted by Gasteiger charge is 2.17. The van der Waals surface area contributed by atoms with E-state index in [9.17, 15) is 0 Å². The summed E-state index contributed by atoms with van der Waals surface area (Å²) >= 11 is 0. The molecule has 1 saturated heterocycles. The van der Waals surface area contributed by atoms with Crippen molar-refractivity contribution >= 4 is 0 Å². The van der Waals surface area contributed by atoms with Gasteiger partial charge in [0.1, 0.15) is 5.75 Å². The Morgan fingerprint density at radius 3 is 2.12 bits per heavy atom. The Balaban J connectivity index is 1.46. The van der Waals surface area contributed by atoms with Crippen molar-refractivity contribution in [1.82, 2.24) is 14.8 Å². The Kier molecular flexibility index (Phi) is 5.83. The molecule has 0 atom stereocenters. The third-order valence-electron chi connectivity index (χ3n) is 4.44. The van der Waals surface area contributed by atoms with Crippen LogP contribution in [0.3, 0.4) is 0 Å². The maximum Gasteiger partial charge on any atom is 0.119 e. The second-order valence-corrected chi connectivity index (χ2v) is 6.50.